The van der Waals surface area contributed by atoms with E-state index in [0.29, 0.717) is 17.2 Å². The van der Waals surface area contributed by atoms with Crippen LogP contribution in [0.5, 0.6) is 0 Å². The van der Waals surface area contributed by atoms with Gasteiger partial charge in [-0.15, -0.1) is 11.8 Å². The molecule has 0 heterocycles. The smallest absolute Gasteiger partial charge is 0.252 e. The molecular weight excluding hydrogens is 220 g/mol. The van der Waals surface area contributed by atoms with Gasteiger partial charge in [0.15, 0.2) is 0 Å². The maximum absolute atomic E-state index is 11.6. The zero-order valence-electron chi connectivity index (χ0n) is 9.91. The average molecular weight is 238 g/mol. The lowest BCUT2D eigenvalue weighted by atomic mass is 10.2. The first-order valence-corrected chi connectivity index (χ1v) is 6.27. The summed E-state index contributed by atoms with van der Waals surface area (Å²) < 4.78 is 0. The lowest BCUT2D eigenvalue weighted by Gasteiger charge is -2.10. The van der Waals surface area contributed by atoms with Gasteiger partial charge in [-0.3, -0.25) is 4.79 Å². The maximum atomic E-state index is 11.6. The van der Waals surface area contributed by atoms with Crippen molar-refractivity contribution in [3.63, 3.8) is 0 Å². The number of nitrogens with two attached hydrogens (primary N) is 1. The second-order valence-corrected chi connectivity index (χ2v) is 5.10. The Morgan fingerprint density at radius 1 is 1.50 bits per heavy atom. The van der Waals surface area contributed by atoms with Crippen LogP contribution in [0.15, 0.2) is 23.1 Å². The molecule has 0 bridgehead atoms. The SMILES string of the molecule is CNC(=O)c1ccc(N)cc1SCC(C)C. The summed E-state index contributed by atoms with van der Waals surface area (Å²) in [6.07, 6.45) is 0. The van der Waals surface area contributed by atoms with Gasteiger partial charge in [0.05, 0.1) is 5.56 Å². The Kier molecular flexibility index (Phi) is 4.68. The second kappa shape index (κ2) is 5.80. The van der Waals surface area contributed by atoms with Gasteiger partial charge in [-0.2, -0.15) is 0 Å². The highest BCUT2D eigenvalue weighted by Gasteiger charge is 2.11. The van der Waals surface area contributed by atoms with E-state index in [-0.39, 0.29) is 5.91 Å². The molecule has 0 aliphatic carbocycles. The first-order valence-electron chi connectivity index (χ1n) is 5.29. The molecule has 0 fully saturated rings. The van der Waals surface area contributed by atoms with Crippen molar-refractivity contribution in [3.8, 4) is 0 Å². The van der Waals surface area contributed by atoms with E-state index in [1.165, 1.54) is 0 Å². The second-order valence-electron chi connectivity index (χ2n) is 4.04. The number of nitrogen functional groups attached to an aromatic ring is 1. The molecule has 0 atom stereocenters. The minimum absolute atomic E-state index is 0.0637. The Morgan fingerprint density at radius 2 is 2.19 bits per heavy atom. The molecule has 1 aromatic rings. The van der Waals surface area contributed by atoms with Gasteiger partial charge in [0.25, 0.3) is 5.91 Å². The van der Waals surface area contributed by atoms with Crippen molar-refractivity contribution < 1.29 is 4.79 Å². The van der Waals surface area contributed by atoms with E-state index in [4.69, 9.17) is 5.73 Å². The number of carbonyl (C=O) groups is 1. The van der Waals surface area contributed by atoms with Crippen molar-refractivity contribution in [1.82, 2.24) is 5.32 Å². The lowest BCUT2D eigenvalue weighted by Crippen LogP contribution is -2.18. The number of carbonyl (C=O) groups excluding carboxylic acids is 1. The summed E-state index contributed by atoms with van der Waals surface area (Å²) in [6, 6.07) is 5.39. The number of thioether (sulfide) groups is 1. The normalized spacial score (nSPS) is 10.5. The first kappa shape index (κ1) is 12.9. The number of anilines is 1. The van der Waals surface area contributed by atoms with Gasteiger partial charge < -0.3 is 11.1 Å². The topological polar surface area (TPSA) is 55.1 Å². The van der Waals surface area contributed by atoms with E-state index in [9.17, 15) is 4.79 Å². The van der Waals surface area contributed by atoms with Crippen LogP contribution in [-0.2, 0) is 0 Å². The van der Waals surface area contributed by atoms with Crippen molar-refractivity contribution in [1.29, 1.82) is 0 Å². The molecule has 3 N–H and O–H groups in total. The highest BCUT2D eigenvalue weighted by atomic mass is 32.2. The van der Waals surface area contributed by atoms with Gasteiger partial charge in [0.2, 0.25) is 0 Å². The third kappa shape index (κ3) is 3.45. The zero-order chi connectivity index (χ0) is 12.1. The number of benzene rings is 1. The Morgan fingerprint density at radius 3 is 2.75 bits per heavy atom. The Labute approximate surface area is 101 Å². The van der Waals surface area contributed by atoms with E-state index in [2.05, 4.69) is 19.2 Å². The highest BCUT2D eigenvalue weighted by Crippen LogP contribution is 2.26. The fourth-order valence-electron chi connectivity index (χ4n) is 1.24. The largest absolute Gasteiger partial charge is 0.399 e. The number of amides is 1. The molecule has 0 aliphatic heterocycles. The predicted molar refractivity (Wildman–Crippen MR) is 69.8 cm³/mol. The van der Waals surface area contributed by atoms with Crippen molar-refractivity contribution in [2.24, 2.45) is 5.92 Å². The van der Waals surface area contributed by atoms with E-state index in [1.54, 1.807) is 30.9 Å². The van der Waals surface area contributed by atoms with Gasteiger partial charge in [-0.1, -0.05) is 13.8 Å². The van der Waals surface area contributed by atoms with E-state index >= 15 is 0 Å². The summed E-state index contributed by atoms with van der Waals surface area (Å²) in [7, 11) is 1.63. The molecular formula is C12H18N2OS. The van der Waals surface area contributed by atoms with E-state index in [0.717, 1.165) is 10.6 Å². The van der Waals surface area contributed by atoms with E-state index < -0.39 is 0 Å². The zero-order valence-corrected chi connectivity index (χ0v) is 10.7. The van der Waals surface area contributed by atoms with Crippen LogP contribution in [0.2, 0.25) is 0 Å². The van der Waals surface area contributed by atoms with Crippen LogP contribution in [0.25, 0.3) is 0 Å². The Hall–Kier alpha value is -1.16. The summed E-state index contributed by atoms with van der Waals surface area (Å²) in [5.74, 6) is 1.50. The molecule has 0 aliphatic rings. The maximum Gasteiger partial charge on any atom is 0.252 e. The highest BCUT2D eigenvalue weighted by molar-refractivity contribution is 7.99. The molecule has 1 rings (SSSR count). The molecule has 88 valence electrons. The lowest BCUT2D eigenvalue weighted by molar-refractivity contribution is 0.0960. The summed E-state index contributed by atoms with van der Waals surface area (Å²) >= 11 is 1.67. The van der Waals surface area contributed by atoms with Crippen molar-refractivity contribution >= 4 is 23.4 Å². The van der Waals surface area contributed by atoms with Gasteiger partial charge in [0, 0.05) is 23.4 Å². The third-order valence-corrected chi connectivity index (χ3v) is 3.53. The molecule has 0 radical (unpaired) electrons. The quantitative estimate of drug-likeness (QED) is 0.625. The van der Waals surface area contributed by atoms with Crippen LogP contribution < -0.4 is 11.1 Å². The Bertz CT molecular complexity index is 377. The van der Waals surface area contributed by atoms with Crippen LogP contribution in [0.3, 0.4) is 0 Å². The molecule has 1 aromatic carbocycles. The molecule has 1 amide bonds. The standard InChI is InChI=1S/C12H18N2OS/c1-8(2)7-16-11-6-9(13)4-5-10(11)12(15)14-3/h4-6,8H,7,13H2,1-3H3,(H,14,15). The van der Waals surface area contributed by atoms with Crippen LogP contribution >= 0.6 is 11.8 Å². The molecule has 0 saturated carbocycles. The third-order valence-electron chi connectivity index (χ3n) is 2.05. The van der Waals surface area contributed by atoms with Crippen LogP contribution in [0.4, 0.5) is 5.69 Å². The number of hydrogen-bond donors (Lipinski definition) is 2. The molecule has 0 saturated heterocycles. The van der Waals surface area contributed by atoms with Gasteiger partial charge in [-0.05, 0) is 24.1 Å². The Balaban J connectivity index is 2.94. The van der Waals surface area contributed by atoms with Crippen molar-refractivity contribution in [3.05, 3.63) is 23.8 Å². The van der Waals surface area contributed by atoms with Crippen molar-refractivity contribution in [2.75, 3.05) is 18.5 Å². The minimum atomic E-state index is -0.0637. The van der Waals surface area contributed by atoms with Gasteiger partial charge in [0.1, 0.15) is 0 Å². The van der Waals surface area contributed by atoms with E-state index in [1.807, 2.05) is 6.07 Å². The van der Waals surface area contributed by atoms with Gasteiger partial charge in [-0.25, -0.2) is 0 Å². The van der Waals surface area contributed by atoms with Crippen molar-refractivity contribution in [2.45, 2.75) is 18.7 Å². The van der Waals surface area contributed by atoms with Crippen LogP contribution in [0, 0.1) is 5.92 Å². The summed E-state index contributed by atoms with van der Waals surface area (Å²) in [5, 5.41) is 2.64. The fraction of sp³-hybridized carbons (Fsp3) is 0.417. The first-order chi connectivity index (χ1) is 7.54. The predicted octanol–water partition coefficient (Wildman–Crippen LogP) is 2.38. The van der Waals surface area contributed by atoms with Crippen LogP contribution in [0.1, 0.15) is 24.2 Å². The molecule has 0 spiro atoms. The number of nitrogens with one attached hydrogen (secondary N) is 1. The average Bonchev–Trinajstić information content (AvgIpc) is 2.25. The summed E-state index contributed by atoms with van der Waals surface area (Å²) in [4.78, 5) is 12.6. The minimum Gasteiger partial charge on any atom is -0.399 e. The van der Waals surface area contributed by atoms with Gasteiger partial charge >= 0.3 is 0 Å². The molecule has 0 unspecified atom stereocenters. The fourth-order valence-corrected chi connectivity index (χ4v) is 2.29. The number of rotatable bonds is 4. The van der Waals surface area contributed by atoms with Crippen LogP contribution in [-0.4, -0.2) is 18.7 Å². The molecule has 0 aromatic heterocycles. The molecule has 3 nitrogen and oxygen atoms in total. The molecule has 4 heteroatoms. The monoisotopic (exact) mass is 238 g/mol. The molecule has 16 heavy (non-hydrogen) atoms. The number of hydrogen-bond acceptors (Lipinski definition) is 3. The summed E-state index contributed by atoms with van der Waals surface area (Å²) in [6.45, 7) is 4.30. The summed E-state index contributed by atoms with van der Waals surface area (Å²) in [5.41, 5.74) is 7.12.